The van der Waals surface area contributed by atoms with Crippen molar-refractivity contribution in [3.05, 3.63) is 17.7 Å². The predicted octanol–water partition coefficient (Wildman–Crippen LogP) is 1.37. The normalized spacial score (nSPS) is 15.6. The van der Waals surface area contributed by atoms with Gasteiger partial charge in [-0.05, 0) is 24.6 Å². The lowest BCUT2D eigenvalue weighted by molar-refractivity contribution is -0.114. The first-order chi connectivity index (χ1) is 8.58. The quantitative estimate of drug-likeness (QED) is 0.777. The fourth-order valence-corrected chi connectivity index (χ4v) is 2.16. The summed E-state index contributed by atoms with van der Waals surface area (Å²) in [5, 5.41) is 2.76. The van der Waals surface area contributed by atoms with Gasteiger partial charge in [-0.3, -0.25) is 4.79 Å². The molecule has 1 saturated heterocycles. The molecule has 5 heteroatoms. The number of ether oxygens (including phenoxy) is 1. The van der Waals surface area contributed by atoms with Crippen LogP contribution in [0.4, 0.5) is 17.1 Å². The molecule has 2 rings (SSSR count). The van der Waals surface area contributed by atoms with Gasteiger partial charge in [0.25, 0.3) is 0 Å². The number of benzene rings is 1. The first-order valence-corrected chi connectivity index (χ1v) is 6.08. The third-order valence-corrected chi connectivity index (χ3v) is 3.03. The van der Waals surface area contributed by atoms with Crippen molar-refractivity contribution >= 4 is 23.0 Å². The van der Waals surface area contributed by atoms with Gasteiger partial charge in [0, 0.05) is 25.7 Å². The largest absolute Gasteiger partial charge is 0.397 e. The summed E-state index contributed by atoms with van der Waals surface area (Å²) >= 11 is 0. The third-order valence-electron chi connectivity index (χ3n) is 3.03. The Morgan fingerprint density at radius 2 is 2.06 bits per heavy atom. The number of aryl methyl sites for hydroxylation is 1. The summed E-state index contributed by atoms with van der Waals surface area (Å²) in [6.07, 6.45) is 0. The maximum atomic E-state index is 11.1. The summed E-state index contributed by atoms with van der Waals surface area (Å²) in [4.78, 5) is 13.4. The maximum Gasteiger partial charge on any atom is 0.221 e. The van der Waals surface area contributed by atoms with E-state index in [1.54, 1.807) is 0 Å². The Kier molecular flexibility index (Phi) is 3.72. The highest BCUT2D eigenvalue weighted by molar-refractivity contribution is 5.93. The van der Waals surface area contributed by atoms with Crippen LogP contribution in [-0.2, 0) is 9.53 Å². The molecule has 0 bridgehead atoms. The minimum atomic E-state index is -0.113. The van der Waals surface area contributed by atoms with Gasteiger partial charge in [0.15, 0.2) is 0 Å². The Bertz CT molecular complexity index is 454. The van der Waals surface area contributed by atoms with Gasteiger partial charge >= 0.3 is 0 Å². The van der Waals surface area contributed by atoms with Crippen LogP contribution in [0.25, 0.3) is 0 Å². The molecule has 18 heavy (non-hydrogen) atoms. The number of amides is 1. The van der Waals surface area contributed by atoms with E-state index in [0.717, 1.165) is 37.6 Å². The number of carbonyl (C=O) groups is 1. The van der Waals surface area contributed by atoms with Crippen molar-refractivity contribution < 1.29 is 9.53 Å². The summed E-state index contributed by atoms with van der Waals surface area (Å²) in [5.41, 5.74) is 9.40. The molecule has 1 aliphatic rings. The Labute approximate surface area is 107 Å². The molecule has 0 aromatic heterocycles. The fourth-order valence-electron chi connectivity index (χ4n) is 2.16. The minimum absolute atomic E-state index is 0.113. The van der Waals surface area contributed by atoms with E-state index in [1.165, 1.54) is 6.92 Å². The summed E-state index contributed by atoms with van der Waals surface area (Å²) in [7, 11) is 0. The zero-order chi connectivity index (χ0) is 13.1. The Hall–Kier alpha value is -1.75. The molecule has 1 heterocycles. The standard InChI is InChI=1S/C13H19N3O2/c1-9-7-11(14)12(15-10(2)17)8-13(9)16-3-5-18-6-4-16/h7-8H,3-6,14H2,1-2H3,(H,15,17). The smallest absolute Gasteiger partial charge is 0.221 e. The topological polar surface area (TPSA) is 67.6 Å². The molecule has 5 nitrogen and oxygen atoms in total. The Balaban J connectivity index is 2.30. The Morgan fingerprint density at radius 3 is 2.67 bits per heavy atom. The van der Waals surface area contributed by atoms with E-state index in [-0.39, 0.29) is 5.91 Å². The lowest BCUT2D eigenvalue weighted by atomic mass is 10.1. The average Bonchev–Trinajstić information content (AvgIpc) is 2.33. The summed E-state index contributed by atoms with van der Waals surface area (Å²) in [5.74, 6) is -0.113. The first kappa shape index (κ1) is 12.7. The van der Waals surface area contributed by atoms with Gasteiger partial charge < -0.3 is 20.7 Å². The number of morpholine rings is 1. The van der Waals surface area contributed by atoms with Crippen molar-refractivity contribution in [2.75, 3.05) is 42.3 Å². The van der Waals surface area contributed by atoms with Crippen LogP contribution in [-0.4, -0.2) is 32.2 Å². The number of rotatable bonds is 2. The Morgan fingerprint density at radius 1 is 1.39 bits per heavy atom. The molecular weight excluding hydrogens is 230 g/mol. The summed E-state index contributed by atoms with van der Waals surface area (Å²) in [6, 6.07) is 3.84. The number of hydrogen-bond donors (Lipinski definition) is 2. The van der Waals surface area contributed by atoms with Crippen molar-refractivity contribution in [2.24, 2.45) is 0 Å². The van der Waals surface area contributed by atoms with Crippen LogP contribution in [0.1, 0.15) is 12.5 Å². The van der Waals surface area contributed by atoms with Crippen LogP contribution in [0, 0.1) is 6.92 Å². The van der Waals surface area contributed by atoms with E-state index in [9.17, 15) is 4.79 Å². The molecule has 0 radical (unpaired) electrons. The second-order valence-electron chi connectivity index (χ2n) is 4.51. The number of anilines is 3. The number of nitrogens with one attached hydrogen (secondary N) is 1. The maximum absolute atomic E-state index is 11.1. The summed E-state index contributed by atoms with van der Waals surface area (Å²) in [6.45, 7) is 6.71. The fraction of sp³-hybridized carbons (Fsp3) is 0.462. The third kappa shape index (κ3) is 2.73. The number of carbonyl (C=O) groups excluding carboxylic acids is 1. The number of nitrogens with two attached hydrogens (primary N) is 1. The second-order valence-corrected chi connectivity index (χ2v) is 4.51. The van der Waals surface area contributed by atoms with Gasteiger partial charge in [0.05, 0.1) is 24.6 Å². The van der Waals surface area contributed by atoms with Crippen molar-refractivity contribution in [1.29, 1.82) is 0 Å². The van der Waals surface area contributed by atoms with Crippen LogP contribution in [0.5, 0.6) is 0 Å². The van der Waals surface area contributed by atoms with Crippen LogP contribution >= 0.6 is 0 Å². The van der Waals surface area contributed by atoms with E-state index < -0.39 is 0 Å². The highest BCUT2D eigenvalue weighted by Crippen LogP contribution is 2.30. The van der Waals surface area contributed by atoms with E-state index >= 15 is 0 Å². The second kappa shape index (κ2) is 5.27. The minimum Gasteiger partial charge on any atom is -0.397 e. The van der Waals surface area contributed by atoms with Gasteiger partial charge in [-0.1, -0.05) is 0 Å². The molecule has 0 spiro atoms. The first-order valence-electron chi connectivity index (χ1n) is 6.08. The van der Waals surface area contributed by atoms with Crippen LogP contribution in [0.15, 0.2) is 12.1 Å². The van der Waals surface area contributed by atoms with Gasteiger partial charge in [-0.15, -0.1) is 0 Å². The van der Waals surface area contributed by atoms with Crippen LogP contribution in [0.2, 0.25) is 0 Å². The molecule has 98 valence electrons. The average molecular weight is 249 g/mol. The van der Waals surface area contributed by atoms with Gasteiger partial charge in [0.1, 0.15) is 0 Å². The zero-order valence-corrected chi connectivity index (χ0v) is 10.8. The van der Waals surface area contributed by atoms with Gasteiger partial charge in [-0.25, -0.2) is 0 Å². The van der Waals surface area contributed by atoms with Crippen molar-refractivity contribution in [2.45, 2.75) is 13.8 Å². The highest BCUT2D eigenvalue weighted by Gasteiger charge is 2.15. The molecule has 0 saturated carbocycles. The zero-order valence-electron chi connectivity index (χ0n) is 10.8. The SMILES string of the molecule is CC(=O)Nc1cc(N2CCOCC2)c(C)cc1N. The van der Waals surface area contributed by atoms with Gasteiger partial charge in [0.2, 0.25) is 5.91 Å². The number of nitrogens with zero attached hydrogens (tertiary/aromatic N) is 1. The molecule has 3 N–H and O–H groups in total. The lowest BCUT2D eigenvalue weighted by Crippen LogP contribution is -2.36. The van der Waals surface area contributed by atoms with Crippen molar-refractivity contribution in [3.63, 3.8) is 0 Å². The molecule has 1 fully saturated rings. The van der Waals surface area contributed by atoms with E-state index in [2.05, 4.69) is 10.2 Å². The van der Waals surface area contributed by atoms with Crippen LogP contribution < -0.4 is 16.0 Å². The molecule has 0 unspecified atom stereocenters. The predicted molar refractivity (Wildman–Crippen MR) is 72.9 cm³/mol. The summed E-state index contributed by atoms with van der Waals surface area (Å²) < 4.78 is 5.34. The number of nitrogen functional groups attached to an aromatic ring is 1. The molecular formula is C13H19N3O2. The van der Waals surface area contributed by atoms with Gasteiger partial charge in [-0.2, -0.15) is 0 Å². The molecule has 0 atom stereocenters. The van der Waals surface area contributed by atoms with Crippen LogP contribution in [0.3, 0.4) is 0 Å². The van der Waals surface area contributed by atoms with E-state index in [4.69, 9.17) is 10.5 Å². The lowest BCUT2D eigenvalue weighted by Gasteiger charge is -2.30. The van der Waals surface area contributed by atoms with Crippen molar-refractivity contribution in [3.8, 4) is 0 Å². The van der Waals surface area contributed by atoms with E-state index in [1.807, 2.05) is 19.1 Å². The highest BCUT2D eigenvalue weighted by atomic mass is 16.5. The molecule has 1 aromatic carbocycles. The number of hydrogen-bond acceptors (Lipinski definition) is 4. The molecule has 1 amide bonds. The van der Waals surface area contributed by atoms with Crippen molar-refractivity contribution in [1.82, 2.24) is 0 Å². The molecule has 1 aromatic rings. The van der Waals surface area contributed by atoms with E-state index in [0.29, 0.717) is 11.4 Å². The molecule has 1 aliphatic heterocycles. The molecule has 0 aliphatic carbocycles. The monoisotopic (exact) mass is 249 g/mol.